The lowest BCUT2D eigenvalue weighted by Gasteiger charge is -2.26. The third-order valence-electron chi connectivity index (χ3n) is 6.59. The Morgan fingerprint density at radius 1 is 1.05 bits per heavy atom. The van der Waals surface area contributed by atoms with Gasteiger partial charge in [0.2, 0.25) is 5.91 Å². The van der Waals surface area contributed by atoms with Crippen molar-refractivity contribution in [3.63, 3.8) is 0 Å². The van der Waals surface area contributed by atoms with Crippen LogP contribution in [-0.2, 0) is 16.0 Å². The molecule has 1 aliphatic rings. The molecule has 3 amide bonds. The molecule has 0 aromatic heterocycles. The number of primary amides is 1. The first-order valence-electron chi connectivity index (χ1n) is 12.3. The third-order valence-corrected chi connectivity index (χ3v) is 7.26. The second-order valence-electron chi connectivity index (χ2n) is 9.13. The van der Waals surface area contributed by atoms with E-state index in [4.69, 9.17) is 15.2 Å². The molecule has 4 rings (SSSR count). The van der Waals surface area contributed by atoms with Gasteiger partial charge in [0.1, 0.15) is 12.4 Å². The molecule has 8 nitrogen and oxygen atoms in total. The maximum atomic E-state index is 13.2. The van der Waals surface area contributed by atoms with Crippen molar-refractivity contribution in [2.24, 2.45) is 5.73 Å². The Morgan fingerprint density at radius 2 is 1.79 bits per heavy atom. The standard InChI is InChI=1S/C29H30BrN3O5/c1-19-16-20(9-14-25(19)33(29(31)36)26-8-4-3-7-24(26)30)17-27(34)32-15-5-6-22(32)18-38-23-12-10-21(11-13-23)28(35)37-2/h3-4,7-14,16,22H,5-6,15,17-18H2,1-2H3,(H2,31,36)/t22-/m0/s1. The third kappa shape index (κ3) is 6.16. The number of nitrogens with zero attached hydrogens (tertiary/aromatic N) is 2. The molecule has 1 heterocycles. The Bertz CT molecular complexity index is 1330. The van der Waals surface area contributed by atoms with Crippen LogP contribution in [0.15, 0.2) is 71.2 Å². The molecular weight excluding hydrogens is 550 g/mol. The number of hydrogen-bond donors (Lipinski definition) is 1. The number of anilines is 2. The number of likely N-dealkylation sites (tertiary alicyclic amines) is 1. The average Bonchev–Trinajstić information content (AvgIpc) is 3.38. The van der Waals surface area contributed by atoms with Crippen LogP contribution in [0.2, 0.25) is 0 Å². The zero-order chi connectivity index (χ0) is 27.2. The van der Waals surface area contributed by atoms with Crippen molar-refractivity contribution in [2.75, 3.05) is 25.2 Å². The SMILES string of the molecule is COC(=O)c1ccc(OC[C@@H]2CCCN2C(=O)Cc2ccc(N(C(N)=O)c3ccccc3Br)c(C)c2)cc1. The lowest BCUT2D eigenvalue weighted by molar-refractivity contribution is -0.131. The molecule has 3 aromatic carbocycles. The van der Waals surface area contributed by atoms with Crippen molar-refractivity contribution >= 4 is 45.2 Å². The number of methoxy groups -OCH3 is 1. The second kappa shape index (κ2) is 12.1. The van der Waals surface area contributed by atoms with Gasteiger partial charge in [0.15, 0.2) is 0 Å². The van der Waals surface area contributed by atoms with Crippen LogP contribution in [0.4, 0.5) is 16.2 Å². The van der Waals surface area contributed by atoms with Crippen LogP contribution in [0, 0.1) is 6.92 Å². The van der Waals surface area contributed by atoms with Gasteiger partial charge < -0.3 is 20.1 Å². The molecule has 0 saturated carbocycles. The second-order valence-corrected chi connectivity index (χ2v) is 9.99. The number of urea groups is 1. The number of halogens is 1. The fourth-order valence-corrected chi connectivity index (χ4v) is 5.15. The van der Waals surface area contributed by atoms with Crippen molar-refractivity contribution in [2.45, 2.75) is 32.2 Å². The molecule has 1 atom stereocenters. The molecule has 0 aliphatic carbocycles. The van der Waals surface area contributed by atoms with Crippen molar-refractivity contribution in [1.82, 2.24) is 4.90 Å². The maximum absolute atomic E-state index is 13.2. The molecular formula is C29H30BrN3O5. The van der Waals surface area contributed by atoms with Crippen LogP contribution in [0.5, 0.6) is 5.75 Å². The van der Waals surface area contributed by atoms with Gasteiger partial charge >= 0.3 is 12.0 Å². The van der Waals surface area contributed by atoms with E-state index in [1.54, 1.807) is 24.3 Å². The molecule has 1 saturated heterocycles. The van der Waals surface area contributed by atoms with Crippen LogP contribution >= 0.6 is 15.9 Å². The summed E-state index contributed by atoms with van der Waals surface area (Å²) in [5.74, 6) is 0.261. The Labute approximate surface area is 230 Å². The molecule has 38 heavy (non-hydrogen) atoms. The topological polar surface area (TPSA) is 102 Å². The van der Waals surface area contributed by atoms with Gasteiger partial charge in [0.25, 0.3) is 0 Å². The Morgan fingerprint density at radius 3 is 2.45 bits per heavy atom. The molecule has 0 spiro atoms. The van der Waals surface area contributed by atoms with Gasteiger partial charge in [-0.05, 0) is 89.3 Å². The summed E-state index contributed by atoms with van der Waals surface area (Å²) < 4.78 is 11.4. The first-order chi connectivity index (χ1) is 18.3. The van der Waals surface area contributed by atoms with E-state index in [9.17, 15) is 14.4 Å². The summed E-state index contributed by atoms with van der Waals surface area (Å²) in [6.07, 6.45) is 2.03. The van der Waals surface area contributed by atoms with Gasteiger partial charge in [0, 0.05) is 11.0 Å². The predicted octanol–water partition coefficient (Wildman–Crippen LogP) is 5.37. The number of aryl methyl sites for hydroxylation is 1. The molecule has 198 valence electrons. The van der Waals surface area contributed by atoms with Gasteiger partial charge in [-0.15, -0.1) is 0 Å². The van der Waals surface area contributed by atoms with Gasteiger partial charge in [-0.3, -0.25) is 9.69 Å². The zero-order valence-electron chi connectivity index (χ0n) is 21.4. The van der Waals surface area contributed by atoms with Crippen molar-refractivity contribution < 1.29 is 23.9 Å². The first kappa shape index (κ1) is 27.2. The summed E-state index contributed by atoms with van der Waals surface area (Å²) >= 11 is 3.49. The lowest BCUT2D eigenvalue weighted by atomic mass is 10.0. The Hall–Kier alpha value is -3.85. The number of carbonyl (C=O) groups excluding carboxylic acids is 3. The minimum atomic E-state index is -0.594. The first-order valence-corrected chi connectivity index (χ1v) is 13.1. The number of carbonyl (C=O) groups is 3. The van der Waals surface area contributed by atoms with Crippen molar-refractivity contribution in [1.29, 1.82) is 0 Å². The number of para-hydroxylation sites is 1. The highest BCUT2D eigenvalue weighted by atomic mass is 79.9. The number of amides is 3. The summed E-state index contributed by atoms with van der Waals surface area (Å²) in [5, 5.41) is 0. The van der Waals surface area contributed by atoms with E-state index in [0.717, 1.165) is 28.4 Å². The number of rotatable bonds is 8. The molecule has 3 aromatic rings. The van der Waals surface area contributed by atoms with E-state index in [0.29, 0.717) is 35.8 Å². The van der Waals surface area contributed by atoms with Crippen molar-refractivity contribution in [3.8, 4) is 5.75 Å². The van der Waals surface area contributed by atoms with E-state index >= 15 is 0 Å². The van der Waals surface area contributed by atoms with E-state index in [1.807, 2.05) is 54.3 Å². The van der Waals surface area contributed by atoms with Gasteiger partial charge in [-0.25, -0.2) is 9.59 Å². The number of esters is 1. The highest BCUT2D eigenvalue weighted by Crippen LogP contribution is 2.34. The van der Waals surface area contributed by atoms with Crippen LogP contribution in [0.25, 0.3) is 0 Å². The Balaban J connectivity index is 1.41. The molecule has 1 aliphatic heterocycles. The lowest BCUT2D eigenvalue weighted by Crippen LogP contribution is -2.39. The molecule has 9 heteroatoms. The fourth-order valence-electron chi connectivity index (χ4n) is 4.69. The average molecular weight is 580 g/mol. The zero-order valence-corrected chi connectivity index (χ0v) is 22.9. The normalized spacial score (nSPS) is 14.7. The smallest absolute Gasteiger partial charge is 0.337 e. The molecule has 0 radical (unpaired) electrons. The van der Waals surface area contributed by atoms with Gasteiger partial charge in [0.05, 0.1) is 36.5 Å². The summed E-state index contributed by atoms with van der Waals surface area (Å²) in [6.45, 7) is 2.96. The predicted molar refractivity (Wildman–Crippen MR) is 149 cm³/mol. The van der Waals surface area contributed by atoms with E-state index < -0.39 is 12.0 Å². The van der Waals surface area contributed by atoms with Crippen LogP contribution in [0.3, 0.4) is 0 Å². The minimum absolute atomic E-state index is 0.0241. The summed E-state index contributed by atoms with van der Waals surface area (Å²) in [7, 11) is 1.34. The van der Waals surface area contributed by atoms with E-state index in [1.165, 1.54) is 12.0 Å². The number of benzene rings is 3. The highest BCUT2D eigenvalue weighted by molar-refractivity contribution is 9.10. The minimum Gasteiger partial charge on any atom is -0.491 e. The summed E-state index contributed by atoms with van der Waals surface area (Å²) in [5.41, 5.74) is 9.18. The van der Waals surface area contributed by atoms with Crippen molar-refractivity contribution in [3.05, 3.63) is 87.9 Å². The monoisotopic (exact) mass is 579 g/mol. The van der Waals surface area contributed by atoms with Crippen LogP contribution < -0.4 is 15.4 Å². The number of hydrogen-bond acceptors (Lipinski definition) is 5. The van der Waals surface area contributed by atoms with Crippen LogP contribution in [-0.4, -0.2) is 49.1 Å². The van der Waals surface area contributed by atoms with Gasteiger partial charge in [-0.2, -0.15) is 0 Å². The van der Waals surface area contributed by atoms with Crippen LogP contribution in [0.1, 0.15) is 34.3 Å². The largest absolute Gasteiger partial charge is 0.491 e. The summed E-state index contributed by atoms with van der Waals surface area (Å²) in [6, 6.07) is 19.1. The molecule has 0 bridgehead atoms. The van der Waals surface area contributed by atoms with E-state index in [2.05, 4.69) is 15.9 Å². The highest BCUT2D eigenvalue weighted by Gasteiger charge is 2.29. The molecule has 0 unspecified atom stereocenters. The van der Waals surface area contributed by atoms with E-state index in [-0.39, 0.29) is 18.4 Å². The molecule has 2 N–H and O–H groups in total. The fraction of sp³-hybridized carbons (Fsp3) is 0.276. The quantitative estimate of drug-likeness (QED) is 0.361. The summed E-state index contributed by atoms with van der Waals surface area (Å²) in [4.78, 5) is 40.5. The Kier molecular flexibility index (Phi) is 8.68. The van der Waals surface area contributed by atoms with Gasteiger partial charge in [-0.1, -0.05) is 24.3 Å². The molecule has 1 fully saturated rings. The number of nitrogens with two attached hydrogens (primary N) is 1. The number of ether oxygens (including phenoxy) is 2. The maximum Gasteiger partial charge on any atom is 0.337 e.